The molecule has 2 atom stereocenters. The van der Waals surface area contributed by atoms with Gasteiger partial charge < -0.3 is 4.79 Å². The van der Waals surface area contributed by atoms with E-state index in [0.29, 0.717) is 5.54 Å². The second-order valence-electron chi connectivity index (χ2n) is 6.64. The number of carbonyl (C=O) groups excluding carboxylic acids is 1. The molecule has 2 heteroatoms. The van der Waals surface area contributed by atoms with Crippen LogP contribution >= 0.6 is 0 Å². The first kappa shape index (κ1) is 15.2. The number of rotatable bonds is 5. The molecule has 0 unspecified atom stereocenters. The van der Waals surface area contributed by atoms with Gasteiger partial charge in [-0.25, -0.2) is 0 Å². The van der Waals surface area contributed by atoms with Crippen molar-refractivity contribution in [3.8, 4) is 0 Å². The lowest BCUT2D eigenvalue weighted by molar-refractivity contribution is -0.110. The second-order valence-corrected chi connectivity index (χ2v) is 11.3. The van der Waals surface area contributed by atoms with E-state index in [0.717, 1.165) is 6.29 Å². The number of carbonyl (C=O) groups is 1. The molecule has 1 aromatic rings. The molecule has 0 N–H and O–H groups in total. The van der Waals surface area contributed by atoms with E-state index in [4.69, 9.17) is 0 Å². The fraction of sp³-hybridized carbons (Fsp3) is 0.500. The monoisotopic (exact) mass is 286 g/mol. The quantitative estimate of drug-likeness (QED) is 0.448. The Hall–Kier alpha value is -1.15. The van der Waals surface area contributed by atoms with Gasteiger partial charge in [-0.05, 0) is 31.2 Å². The highest BCUT2D eigenvalue weighted by Gasteiger charge is 2.36. The molecule has 0 bridgehead atoms. The number of benzene rings is 1. The zero-order valence-corrected chi connectivity index (χ0v) is 13.9. The van der Waals surface area contributed by atoms with Crippen LogP contribution in [0.2, 0.25) is 18.6 Å². The third-order valence-corrected chi connectivity index (χ3v) is 8.97. The van der Waals surface area contributed by atoms with E-state index in [9.17, 15) is 4.79 Å². The van der Waals surface area contributed by atoms with E-state index in [1.54, 1.807) is 5.57 Å². The molecule has 20 heavy (non-hydrogen) atoms. The SMILES string of the molecule is C[C@@H](C=O)[C@H](C=C1CCCC1)[Si](C)(C)c1ccccc1. The predicted octanol–water partition coefficient (Wildman–Crippen LogP) is 4.31. The Morgan fingerprint density at radius 1 is 1.10 bits per heavy atom. The molecular weight excluding hydrogens is 260 g/mol. The van der Waals surface area contributed by atoms with Crippen molar-refractivity contribution in [3.05, 3.63) is 42.0 Å². The Morgan fingerprint density at radius 3 is 2.25 bits per heavy atom. The summed E-state index contributed by atoms with van der Waals surface area (Å²) in [5.74, 6) is 0.116. The average Bonchev–Trinajstić information content (AvgIpc) is 2.98. The zero-order valence-electron chi connectivity index (χ0n) is 12.9. The Bertz CT molecular complexity index is 467. The average molecular weight is 286 g/mol. The lowest BCUT2D eigenvalue weighted by Crippen LogP contribution is -2.47. The molecule has 0 spiro atoms. The van der Waals surface area contributed by atoms with Gasteiger partial charge in [0.25, 0.3) is 0 Å². The van der Waals surface area contributed by atoms with E-state index in [1.165, 1.54) is 30.9 Å². The van der Waals surface area contributed by atoms with Gasteiger partial charge in [0.15, 0.2) is 0 Å². The van der Waals surface area contributed by atoms with E-state index in [2.05, 4.69) is 56.4 Å². The molecule has 0 aliphatic heterocycles. The van der Waals surface area contributed by atoms with Gasteiger partial charge >= 0.3 is 0 Å². The summed E-state index contributed by atoms with van der Waals surface area (Å²) in [5, 5.41) is 1.45. The molecule has 0 aromatic heterocycles. The minimum Gasteiger partial charge on any atom is -0.303 e. The number of aldehydes is 1. The number of hydrogen-bond donors (Lipinski definition) is 0. The van der Waals surface area contributed by atoms with Gasteiger partial charge in [0.1, 0.15) is 6.29 Å². The van der Waals surface area contributed by atoms with Crippen molar-refractivity contribution in [2.24, 2.45) is 5.92 Å². The van der Waals surface area contributed by atoms with Gasteiger partial charge in [-0.2, -0.15) is 0 Å². The van der Waals surface area contributed by atoms with E-state index in [-0.39, 0.29) is 5.92 Å². The van der Waals surface area contributed by atoms with E-state index >= 15 is 0 Å². The highest BCUT2D eigenvalue weighted by atomic mass is 28.3. The Labute approximate surface area is 124 Å². The maximum atomic E-state index is 11.4. The van der Waals surface area contributed by atoms with Crippen LogP contribution in [0.3, 0.4) is 0 Å². The molecular formula is C18H26OSi. The summed E-state index contributed by atoms with van der Waals surface area (Å²) in [6, 6.07) is 10.8. The van der Waals surface area contributed by atoms with E-state index in [1.807, 2.05) is 0 Å². The molecule has 1 aliphatic carbocycles. The van der Waals surface area contributed by atoms with Crippen LogP contribution in [0, 0.1) is 5.92 Å². The Morgan fingerprint density at radius 2 is 1.70 bits per heavy atom. The summed E-state index contributed by atoms with van der Waals surface area (Å²) in [5.41, 5.74) is 2.00. The van der Waals surface area contributed by atoms with Gasteiger partial charge in [0.2, 0.25) is 0 Å². The maximum absolute atomic E-state index is 11.4. The van der Waals surface area contributed by atoms with Gasteiger partial charge in [-0.15, -0.1) is 0 Å². The number of hydrogen-bond acceptors (Lipinski definition) is 1. The first-order chi connectivity index (χ1) is 9.55. The van der Waals surface area contributed by atoms with Crippen molar-refractivity contribution in [2.75, 3.05) is 0 Å². The summed E-state index contributed by atoms with van der Waals surface area (Å²) in [7, 11) is -1.67. The molecule has 0 heterocycles. The molecule has 0 amide bonds. The molecule has 0 saturated heterocycles. The second kappa shape index (κ2) is 6.53. The summed E-state index contributed by atoms with van der Waals surface area (Å²) in [6.07, 6.45) is 8.73. The summed E-state index contributed by atoms with van der Waals surface area (Å²) < 4.78 is 0. The van der Waals surface area contributed by atoms with Crippen molar-refractivity contribution in [3.63, 3.8) is 0 Å². The molecule has 0 radical (unpaired) electrons. The van der Waals surface area contributed by atoms with Gasteiger partial charge in [-0.1, -0.05) is 67.2 Å². The van der Waals surface area contributed by atoms with Gasteiger partial charge in [0.05, 0.1) is 8.07 Å². The highest BCUT2D eigenvalue weighted by Crippen LogP contribution is 2.35. The fourth-order valence-electron chi connectivity index (χ4n) is 3.41. The minimum atomic E-state index is -1.67. The first-order valence-electron chi connectivity index (χ1n) is 7.76. The maximum Gasteiger partial charge on any atom is 0.123 e. The van der Waals surface area contributed by atoms with Gasteiger partial charge in [0, 0.05) is 5.92 Å². The molecule has 1 nitrogen and oxygen atoms in total. The smallest absolute Gasteiger partial charge is 0.123 e. The fourth-order valence-corrected chi connectivity index (χ4v) is 6.89. The minimum absolute atomic E-state index is 0.116. The van der Waals surface area contributed by atoms with E-state index < -0.39 is 8.07 Å². The van der Waals surface area contributed by atoms with Crippen LogP contribution in [0.5, 0.6) is 0 Å². The van der Waals surface area contributed by atoms with Crippen LogP contribution in [0.15, 0.2) is 42.0 Å². The third kappa shape index (κ3) is 3.29. The van der Waals surface area contributed by atoms with Crippen molar-refractivity contribution in [1.82, 2.24) is 0 Å². The normalized spacial score (nSPS) is 18.6. The molecule has 1 aliphatic rings. The standard InChI is InChI=1S/C18H26OSi/c1-15(14-19)18(13-16-9-7-8-10-16)20(2,3)17-11-5-4-6-12-17/h4-6,11-15,18H,7-10H2,1-3H3/t15-,18-/m0/s1. The highest BCUT2D eigenvalue weighted by molar-refractivity contribution is 6.91. The first-order valence-corrected chi connectivity index (χ1v) is 10.8. The lowest BCUT2D eigenvalue weighted by atomic mass is 10.1. The van der Waals surface area contributed by atoms with Crippen molar-refractivity contribution >= 4 is 19.5 Å². The largest absolute Gasteiger partial charge is 0.303 e. The molecule has 1 fully saturated rings. The summed E-state index contributed by atoms with van der Waals surface area (Å²) in [6.45, 7) is 6.89. The van der Waals surface area contributed by atoms with Crippen molar-refractivity contribution < 1.29 is 4.79 Å². The van der Waals surface area contributed by atoms with Crippen LogP contribution in [0.25, 0.3) is 0 Å². The third-order valence-electron chi connectivity index (χ3n) is 4.79. The van der Waals surface area contributed by atoms with Crippen molar-refractivity contribution in [2.45, 2.75) is 51.2 Å². The van der Waals surface area contributed by atoms with Crippen LogP contribution in [0.1, 0.15) is 32.6 Å². The van der Waals surface area contributed by atoms with Crippen LogP contribution in [-0.2, 0) is 4.79 Å². The van der Waals surface area contributed by atoms with Gasteiger partial charge in [-0.3, -0.25) is 0 Å². The molecule has 1 saturated carbocycles. The molecule has 2 rings (SSSR count). The summed E-state index contributed by atoms with van der Waals surface area (Å²) >= 11 is 0. The lowest BCUT2D eigenvalue weighted by Gasteiger charge is -2.34. The zero-order chi connectivity index (χ0) is 14.6. The predicted molar refractivity (Wildman–Crippen MR) is 89.1 cm³/mol. The topological polar surface area (TPSA) is 17.1 Å². The Kier molecular flexibility index (Phi) is 4.98. The van der Waals surface area contributed by atoms with Crippen LogP contribution in [-0.4, -0.2) is 14.4 Å². The van der Waals surface area contributed by atoms with Crippen molar-refractivity contribution in [1.29, 1.82) is 0 Å². The molecule has 108 valence electrons. The summed E-state index contributed by atoms with van der Waals surface area (Å²) in [4.78, 5) is 11.4. The number of allylic oxidation sites excluding steroid dienone is 2. The van der Waals surface area contributed by atoms with Crippen LogP contribution < -0.4 is 5.19 Å². The molecule has 1 aromatic carbocycles. The van der Waals surface area contributed by atoms with Crippen LogP contribution in [0.4, 0.5) is 0 Å². The Balaban J connectivity index is 2.34.